The zero-order valence-corrected chi connectivity index (χ0v) is 26.4. The minimum Gasteiger partial charge on any atom is -0.493 e. The molecule has 6 N–H and O–H groups in total. The number of benzene rings is 2. The number of nitrogens with zero attached hydrogens (tertiary/aromatic N) is 1. The number of carboxylic acids is 2. The number of amides is 2. The quantitative estimate of drug-likeness (QED) is 0.119. The van der Waals surface area contributed by atoms with Gasteiger partial charge in [0.05, 0.1) is 18.9 Å². The summed E-state index contributed by atoms with van der Waals surface area (Å²) in [6.07, 6.45) is 1.52. The molecule has 1 aliphatic rings. The van der Waals surface area contributed by atoms with Gasteiger partial charge in [0.2, 0.25) is 0 Å². The zero-order valence-electron chi connectivity index (χ0n) is 25.6. The molecule has 47 heavy (non-hydrogen) atoms. The van der Waals surface area contributed by atoms with Crippen molar-refractivity contribution in [2.24, 2.45) is 5.73 Å². The first-order valence-electron chi connectivity index (χ1n) is 15.1. The molecule has 244 valence electrons. The Balaban J connectivity index is 1.61. The number of ether oxygens (including phenoxy) is 2. The number of aliphatic carboxylic acids is 1. The number of hydrogen-bond donors (Lipinski definition) is 5. The van der Waals surface area contributed by atoms with Crippen LogP contribution in [0.3, 0.4) is 0 Å². The molecule has 0 spiro atoms. The number of rotatable bonds is 13. The summed E-state index contributed by atoms with van der Waals surface area (Å²) >= 11 is 1.51. The molecule has 2 aromatic heterocycles. The Morgan fingerprint density at radius 2 is 1.85 bits per heavy atom. The third kappa shape index (κ3) is 7.59. The second-order valence-corrected chi connectivity index (χ2v) is 11.7. The van der Waals surface area contributed by atoms with Crippen LogP contribution in [0.1, 0.15) is 68.6 Å². The standard InChI is InChI=1S/C34H34N4O8S/c1-2-11-36-33(42)26-8-6-21(30(37-26)34(43)44)22-17-27-24(31-20(9-13-46-27)10-14-47-31)16-23(22)32(41)38-25-7-5-19(18-35)15-28(25)45-12-3-4-29(39)40/h5-8,10,14-17H,2-4,9,11-13,18,35H2,1H3,(H,36,42)(H,38,41)(H,39,40)(H,43,44). The molecule has 0 unspecified atom stereocenters. The van der Waals surface area contributed by atoms with Crippen molar-refractivity contribution in [2.75, 3.05) is 25.1 Å². The van der Waals surface area contributed by atoms with Crippen LogP contribution in [-0.2, 0) is 17.8 Å². The van der Waals surface area contributed by atoms with Gasteiger partial charge in [-0.3, -0.25) is 14.4 Å². The average molecular weight is 659 g/mol. The van der Waals surface area contributed by atoms with Gasteiger partial charge in [0.1, 0.15) is 17.2 Å². The van der Waals surface area contributed by atoms with Gasteiger partial charge in [0.15, 0.2) is 5.69 Å². The number of pyridine rings is 1. The van der Waals surface area contributed by atoms with Crippen LogP contribution in [0.5, 0.6) is 11.5 Å². The molecule has 12 nitrogen and oxygen atoms in total. The normalized spacial score (nSPS) is 11.8. The lowest BCUT2D eigenvalue weighted by Gasteiger charge is -2.18. The van der Waals surface area contributed by atoms with Crippen molar-refractivity contribution in [1.29, 1.82) is 0 Å². The molecule has 0 fully saturated rings. The predicted molar refractivity (Wildman–Crippen MR) is 176 cm³/mol. The first kappa shape index (κ1) is 33.1. The number of nitrogens with one attached hydrogen (secondary N) is 2. The molecule has 0 bridgehead atoms. The lowest BCUT2D eigenvalue weighted by atomic mass is 9.93. The van der Waals surface area contributed by atoms with E-state index in [0.717, 1.165) is 16.0 Å². The Morgan fingerprint density at radius 3 is 2.60 bits per heavy atom. The Kier molecular flexibility index (Phi) is 10.5. The lowest BCUT2D eigenvalue weighted by Crippen LogP contribution is -2.25. The summed E-state index contributed by atoms with van der Waals surface area (Å²) in [6, 6.07) is 13.3. The summed E-state index contributed by atoms with van der Waals surface area (Å²) in [5.41, 5.74) is 8.68. The number of hydrogen-bond acceptors (Lipinski definition) is 9. The number of carbonyl (C=O) groups is 4. The largest absolute Gasteiger partial charge is 0.493 e. The van der Waals surface area contributed by atoms with Crippen molar-refractivity contribution in [3.8, 4) is 33.1 Å². The summed E-state index contributed by atoms with van der Waals surface area (Å²) in [4.78, 5) is 55.4. The number of fused-ring (bicyclic) bond motifs is 3. The first-order valence-corrected chi connectivity index (χ1v) is 16.0. The van der Waals surface area contributed by atoms with Gasteiger partial charge < -0.3 is 36.1 Å². The number of thiophene rings is 1. The number of carboxylic acid groups (broad SMARTS) is 2. The molecule has 2 amide bonds. The smallest absolute Gasteiger partial charge is 0.355 e. The van der Waals surface area contributed by atoms with Gasteiger partial charge in [0.25, 0.3) is 11.8 Å². The van der Waals surface area contributed by atoms with Crippen LogP contribution in [0.4, 0.5) is 5.69 Å². The molecule has 4 aromatic rings. The van der Waals surface area contributed by atoms with E-state index in [0.29, 0.717) is 48.7 Å². The molecule has 0 radical (unpaired) electrons. The van der Waals surface area contributed by atoms with Crippen LogP contribution < -0.4 is 25.8 Å². The predicted octanol–water partition coefficient (Wildman–Crippen LogP) is 5.20. The van der Waals surface area contributed by atoms with E-state index in [9.17, 15) is 24.3 Å². The van der Waals surface area contributed by atoms with E-state index >= 15 is 0 Å². The minimum absolute atomic E-state index is 0.0653. The molecule has 0 atom stereocenters. The summed E-state index contributed by atoms with van der Waals surface area (Å²) < 4.78 is 12.0. The number of aromatic nitrogens is 1. The van der Waals surface area contributed by atoms with Crippen LogP contribution in [0.2, 0.25) is 0 Å². The highest BCUT2D eigenvalue weighted by atomic mass is 32.1. The van der Waals surface area contributed by atoms with E-state index in [2.05, 4.69) is 15.6 Å². The topological polar surface area (TPSA) is 190 Å². The van der Waals surface area contributed by atoms with Crippen LogP contribution >= 0.6 is 11.3 Å². The Bertz CT molecular complexity index is 1840. The first-order chi connectivity index (χ1) is 22.7. The third-order valence-corrected chi connectivity index (χ3v) is 8.45. The minimum atomic E-state index is -1.37. The maximum atomic E-state index is 14.2. The lowest BCUT2D eigenvalue weighted by molar-refractivity contribution is -0.137. The summed E-state index contributed by atoms with van der Waals surface area (Å²) in [5, 5.41) is 26.7. The van der Waals surface area contributed by atoms with E-state index in [1.54, 1.807) is 30.3 Å². The van der Waals surface area contributed by atoms with Gasteiger partial charge >= 0.3 is 11.9 Å². The van der Waals surface area contributed by atoms with Gasteiger partial charge in [-0.2, -0.15) is 0 Å². The second kappa shape index (κ2) is 14.9. The molecule has 0 saturated carbocycles. The molecule has 13 heteroatoms. The van der Waals surface area contributed by atoms with Gasteiger partial charge in [-0.25, -0.2) is 9.78 Å². The van der Waals surface area contributed by atoms with Crippen molar-refractivity contribution in [2.45, 2.75) is 39.2 Å². The highest BCUT2D eigenvalue weighted by Gasteiger charge is 2.27. The van der Waals surface area contributed by atoms with E-state index < -0.39 is 29.4 Å². The SMILES string of the molecule is CCCNC(=O)c1ccc(-c2cc3c(cc2C(=O)Nc2ccc(CN)cc2OCCCC(=O)O)-c2sccc2CCO3)c(C(=O)O)n1. The fourth-order valence-electron chi connectivity index (χ4n) is 5.13. The van der Waals surface area contributed by atoms with Gasteiger partial charge in [-0.15, -0.1) is 11.3 Å². The van der Waals surface area contributed by atoms with E-state index in [4.69, 9.17) is 20.3 Å². The van der Waals surface area contributed by atoms with E-state index in [1.165, 1.54) is 23.5 Å². The molecule has 0 saturated heterocycles. The molecule has 1 aliphatic heterocycles. The Morgan fingerprint density at radius 1 is 1.02 bits per heavy atom. The van der Waals surface area contributed by atoms with Gasteiger partial charge in [-0.05, 0) is 71.8 Å². The maximum absolute atomic E-state index is 14.2. The molecule has 3 heterocycles. The van der Waals surface area contributed by atoms with Crippen molar-refractivity contribution in [3.05, 3.63) is 82.0 Å². The molecule has 0 aliphatic carbocycles. The molecule has 2 aromatic carbocycles. The second-order valence-electron chi connectivity index (χ2n) is 10.8. The number of aromatic carboxylic acids is 1. The summed E-state index contributed by atoms with van der Waals surface area (Å²) in [6.45, 7) is 3.00. The van der Waals surface area contributed by atoms with Crippen LogP contribution in [0.15, 0.2) is 53.9 Å². The highest BCUT2D eigenvalue weighted by molar-refractivity contribution is 7.13. The fraction of sp³-hybridized carbons (Fsp3) is 0.265. The summed E-state index contributed by atoms with van der Waals surface area (Å²) in [7, 11) is 0. The maximum Gasteiger partial charge on any atom is 0.355 e. The molecule has 5 rings (SSSR count). The van der Waals surface area contributed by atoms with Crippen molar-refractivity contribution in [3.63, 3.8) is 0 Å². The number of nitrogens with two attached hydrogens (primary N) is 1. The number of anilines is 1. The van der Waals surface area contributed by atoms with Gasteiger partial charge in [-0.1, -0.05) is 13.0 Å². The van der Waals surface area contributed by atoms with E-state index in [1.807, 2.05) is 18.4 Å². The Labute approximate surface area is 274 Å². The monoisotopic (exact) mass is 658 g/mol. The zero-order chi connectivity index (χ0) is 33.5. The fourth-order valence-corrected chi connectivity index (χ4v) is 6.11. The third-order valence-electron chi connectivity index (χ3n) is 7.46. The molecular formula is C34H34N4O8S. The van der Waals surface area contributed by atoms with Crippen molar-refractivity contribution >= 4 is 40.8 Å². The van der Waals surface area contributed by atoms with E-state index in [-0.39, 0.29) is 48.4 Å². The molecular weight excluding hydrogens is 624 g/mol. The van der Waals surface area contributed by atoms with Crippen molar-refractivity contribution < 1.29 is 38.9 Å². The van der Waals surface area contributed by atoms with Crippen molar-refractivity contribution in [1.82, 2.24) is 10.3 Å². The van der Waals surface area contributed by atoms with Crippen LogP contribution in [-0.4, -0.2) is 58.7 Å². The highest BCUT2D eigenvalue weighted by Crippen LogP contribution is 2.43. The van der Waals surface area contributed by atoms with Gasteiger partial charge in [0, 0.05) is 53.1 Å². The van der Waals surface area contributed by atoms with Crippen LogP contribution in [0.25, 0.3) is 21.6 Å². The number of carbonyl (C=O) groups excluding carboxylic acids is 2. The summed E-state index contributed by atoms with van der Waals surface area (Å²) in [5.74, 6) is -2.61. The van der Waals surface area contributed by atoms with Crippen LogP contribution in [0, 0.1) is 0 Å². The average Bonchev–Trinajstić information content (AvgIpc) is 3.46. The Hall–Kier alpha value is -5.27.